The quantitative estimate of drug-likeness (QED) is 0.847. The zero-order chi connectivity index (χ0) is 14.8. The van der Waals surface area contributed by atoms with E-state index in [1.54, 1.807) is 25.1 Å². The molecule has 110 valence electrons. The maximum atomic E-state index is 12.1. The normalized spacial score (nSPS) is 22.6. The Kier molecular flexibility index (Phi) is 4.01. The van der Waals surface area contributed by atoms with Gasteiger partial charge in [0.25, 0.3) is 0 Å². The van der Waals surface area contributed by atoms with Crippen molar-refractivity contribution in [2.75, 3.05) is 24.3 Å². The summed E-state index contributed by atoms with van der Waals surface area (Å²) in [6.45, 7) is 1.91. The smallest absolute Gasteiger partial charge is 0.331 e. The van der Waals surface area contributed by atoms with Crippen LogP contribution in [-0.2, 0) is 19.4 Å². The maximum absolute atomic E-state index is 12.1. The van der Waals surface area contributed by atoms with Crippen LogP contribution in [0.5, 0.6) is 0 Å². The second-order valence-corrected chi connectivity index (χ2v) is 6.96. The number of para-hydroxylation sites is 1. The fraction of sp³-hybridized carbons (Fsp3) is 0.462. The van der Waals surface area contributed by atoms with Crippen molar-refractivity contribution in [3.63, 3.8) is 0 Å². The topological polar surface area (TPSA) is 92.7 Å². The second-order valence-electron chi connectivity index (χ2n) is 4.71. The first-order valence-electron chi connectivity index (χ1n) is 6.32. The summed E-state index contributed by atoms with van der Waals surface area (Å²) >= 11 is 0. The molecule has 0 spiro atoms. The Hall–Kier alpha value is -1.60. The lowest BCUT2D eigenvalue weighted by molar-refractivity contribution is -0.142. The van der Waals surface area contributed by atoms with Gasteiger partial charge < -0.3 is 15.2 Å². The van der Waals surface area contributed by atoms with E-state index in [2.05, 4.69) is 5.32 Å². The van der Waals surface area contributed by atoms with E-state index in [0.29, 0.717) is 18.7 Å². The van der Waals surface area contributed by atoms with E-state index < -0.39 is 21.3 Å². The van der Waals surface area contributed by atoms with E-state index in [4.69, 9.17) is 4.74 Å². The lowest BCUT2D eigenvalue weighted by Crippen LogP contribution is -2.47. The van der Waals surface area contributed by atoms with Crippen LogP contribution in [-0.4, -0.2) is 44.0 Å². The van der Waals surface area contributed by atoms with E-state index in [1.165, 1.54) is 6.07 Å². The van der Waals surface area contributed by atoms with E-state index in [9.17, 15) is 18.3 Å². The molecule has 2 N–H and O–H groups in total. The number of hydrogen-bond acceptors (Lipinski definition) is 5. The standard InChI is InChI=1S/C13H17NO5S/c1-2-20(17,18)11-6-4-3-5-10(11)14-13(12(15)16)7-8-19-9-13/h3-6,14H,2,7-9H2,1H3,(H,15,16). The molecule has 1 heterocycles. The van der Waals surface area contributed by atoms with E-state index in [-0.39, 0.29) is 17.3 Å². The number of aliphatic carboxylic acids is 1. The lowest BCUT2D eigenvalue weighted by Gasteiger charge is -2.26. The molecular weight excluding hydrogens is 282 g/mol. The van der Waals surface area contributed by atoms with E-state index in [1.807, 2.05) is 0 Å². The molecule has 0 bridgehead atoms. The van der Waals surface area contributed by atoms with Crippen LogP contribution in [0, 0.1) is 0 Å². The number of sulfone groups is 1. The van der Waals surface area contributed by atoms with Crippen molar-refractivity contribution in [2.24, 2.45) is 0 Å². The van der Waals surface area contributed by atoms with Crippen LogP contribution in [0.1, 0.15) is 13.3 Å². The minimum atomic E-state index is -3.42. The fourth-order valence-electron chi connectivity index (χ4n) is 2.14. The zero-order valence-electron chi connectivity index (χ0n) is 11.1. The summed E-state index contributed by atoms with van der Waals surface area (Å²) in [5.41, 5.74) is -0.957. The third-order valence-corrected chi connectivity index (χ3v) is 5.19. The second kappa shape index (κ2) is 5.41. The van der Waals surface area contributed by atoms with Gasteiger partial charge in [-0.2, -0.15) is 0 Å². The lowest BCUT2D eigenvalue weighted by atomic mass is 9.98. The third-order valence-electron chi connectivity index (χ3n) is 3.41. The van der Waals surface area contributed by atoms with E-state index >= 15 is 0 Å². The van der Waals surface area contributed by atoms with Gasteiger partial charge in [0.05, 0.1) is 22.9 Å². The average molecular weight is 299 g/mol. The molecule has 0 aliphatic carbocycles. The summed E-state index contributed by atoms with van der Waals surface area (Å²) in [6.07, 6.45) is 0.294. The number of nitrogens with one attached hydrogen (secondary N) is 1. The zero-order valence-corrected chi connectivity index (χ0v) is 11.9. The molecular formula is C13H17NO5S. The van der Waals surface area contributed by atoms with Gasteiger partial charge in [0.2, 0.25) is 0 Å². The first-order chi connectivity index (χ1) is 9.41. The summed E-state index contributed by atoms with van der Waals surface area (Å²) in [7, 11) is -3.42. The number of carboxylic acid groups (broad SMARTS) is 1. The molecule has 20 heavy (non-hydrogen) atoms. The van der Waals surface area contributed by atoms with E-state index in [0.717, 1.165) is 0 Å². The molecule has 1 unspecified atom stereocenters. The van der Waals surface area contributed by atoms with Crippen LogP contribution < -0.4 is 5.32 Å². The number of carboxylic acids is 1. The van der Waals surface area contributed by atoms with Crippen LogP contribution in [0.3, 0.4) is 0 Å². The van der Waals surface area contributed by atoms with Crippen molar-refractivity contribution >= 4 is 21.5 Å². The molecule has 0 amide bonds. The van der Waals surface area contributed by atoms with Crippen LogP contribution in [0.25, 0.3) is 0 Å². The Balaban J connectivity index is 2.42. The number of carbonyl (C=O) groups is 1. The molecule has 1 saturated heterocycles. The molecule has 2 rings (SSSR count). The molecule has 1 fully saturated rings. The first kappa shape index (κ1) is 14.8. The van der Waals surface area contributed by atoms with Gasteiger partial charge in [0.1, 0.15) is 0 Å². The highest BCUT2D eigenvalue weighted by Crippen LogP contribution is 2.29. The monoisotopic (exact) mass is 299 g/mol. The van der Waals surface area contributed by atoms with Gasteiger partial charge in [-0.25, -0.2) is 13.2 Å². The number of hydrogen-bond donors (Lipinski definition) is 2. The molecule has 0 aromatic heterocycles. The SMILES string of the molecule is CCS(=O)(=O)c1ccccc1NC1(C(=O)O)CCOC1. The fourth-order valence-corrected chi connectivity index (χ4v) is 3.19. The molecule has 1 aliphatic rings. The van der Waals surface area contributed by atoms with Crippen molar-refractivity contribution in [3.05, 3.63) is 24.3 Å². The van der Waals surface area contributed by atoms with Gasteiger partial charge in [-0.05, 0) is 12.1 Å². The molecule has 0 saturated carbocycles. The van der Waals surface area contributed by atoms with Crippen molar-refractivity contribution in [1.29, 1.82) is 0 Å². The Bertz CT molecular complexity index is 605. The molecule has 1 aromatic rings. The highest BCUT2D eigenvalue weighted by Gasteiger charge is 2.43. The Morgan fingerprint density at radius 2 is 2.15 bits per heavy atom. The molecule has 7 heteroatoms. The maximum Gasteiger partial charge on any atom is 0.331 e. The van der Waals surface area contributed by atoms with Crippen molar-refractivity contribution in [1.82, 2.24) is 0 Å². The summed E-state index contributed by atoms with van der Waals surface area (Å²) < 4.78 is 29.3. The Labute approximate surface area is 117 Å². The molecule has 6 nitrogen and oxygen atoms in total. The van der Waals surface area contributed by atoms with Crippen LogP contribution in [0.4, 0.5) is 5.69 Å². The average Bonchev–Trinajstić information content (AvgIpc) is 2.89. The van der Waals surface area contributed by atoms with Crippen molar-refractivity contribution in [2.45, 2.75) is 23.8 Å². The Morgan fingerprint density at radius 3 is 2.70 bits per heavy atom. The van der Waals surface area contributed by atoms with Gasteiger partial charge in [-0.3, -0.25) is 0 Å². The van der Waals surface area contributed by atoms with Crippen LogP contribution >= 0.6 is 0 Å². The summed E-state index contributed by atoms with van der Waals surface area (Å²) in [5, 5.41) is 12.2. The predicted molar refractivity (Wildman–Crippen MR) is 73.6 cm³/mol. The highest BCUT2D eigenvalue weighted by molar-refractivity contribution is 7.91. The third kappa shape index (κ3) is 2.64. The summed E-state index contributed by atoms with van der Waals surface area (Å²) in [6, 6.07) is 6.34. The molecule has 1 atom stereocenters. The van der Waals surface area contributed by atoms with Gasteiger partial charge in [0, 0.05) is 13.0 Å². The summed E-state index contributed by atoms with van der Waals surface area (Å²) in [5.74, 6) is -1.08. The van der Waals surface area contributed by atoms with Gasteiger partial charge >= 0.3 is 5.97 Å². The molecule has 1 aromatic carbocycles. The largest absolute Gasteiger partial charge is 0.479 e. The predicted octanol–water partition coefficient (Wildman–Crippen LogP) is 1.14. The molecule has 0 radical (unpaired) electrons. The minimum absolute atomic E-state index is 0.0167. The number of ether oxygens (including phenoxy) is 1. The van der Waals surface area contributed by atoms with Gasteiger partial charge in [-0.15, -0.1) is 0 Å². The number of anilines is 1. The highest BCUT2D eigenvalue weighted by atomic mass is 32.2. The number of rotatable bonds is 5. The van der Waals surface area contributed by atoms with Crippen LogP contribution in [0.15, 0.2) is 29.2 Å². The minimum Gasteiger partial charge on any atom is -0.479 e. The van der Waals surface area contributed by atoms with Gasteiger partial charge in [0.15, 0.2) is 15.4 Å². The van der Waals surface area contributed by atoms with Gasteiger partial charge in [-0.1, -0.05) is 19.1 Å². The van der Waals surface area contributed by atoms with Crippen molar-refractivity contribution in [3.8, 4) is 0 Å². The summed E-state index contributed by atoms with van der Waals surface area (Å²) in [4.78, 5) is 11.6. The van der Waals surface area contributed by atoms with Crippen LogP contribution in [0.2, 0.25) is 0 Å². The Morgan fingerprint density at radius 1 is 1.45 bits per heavy atom. The number of benzene rings is 1. The first-order valence-corrected chi connectivity index (χ1v) is 7.98. The van der Waals surface area contributed by atoms with Crippen molar-refractivity contribution < 1.29 is 23.1 Å². The molecule has 1 aliphatic heterocycles.